The van der Waals surface area contributed by atoms with Gasteiger partial charge in [0, 0.05) is 96.1 Å². The van der Waals surface area contributed by atoms with Gasteiger partial charge in [-0.2, -0.15) is 15.0 Å². The summed E-state index contributed by atoms with van der Waals surface area (Å²) in [6, 6.07) is 8.84. The Hall–Kier alpha value is -13.7. The molecule has 0 aliphatic carbocycles. The summed E-state index contributed by atoms with van der Waals surface area (Å²) in [5.74, 6) is -9.56. The number of nitrogens with one attached hydrogen (secondary N) is 1. The number of phenolic OH excluding ortho intramolecular Hbond substituents is 3. The third-order valence-corrected chi connectivity index (χ3v) is 26.1. The number of hydrogen-bond acceptors (Lipinski definition) is 24. The largest absolute Gasteiger partial charge is 0.507 e. The zero-order valence-corrected chi connectivity index (χ0v) is 76.7. The second-order valence-electron chi connectivity index (χ2n) is 34.6. The highest BCUT2D eigenvalue weighted by Crippen LogP contribution is 2.53. The molecule has 6 aliphatic heterocycles. The van der Waals surface area contributed by atoms with Gasteiger partial charge in [0.25, 0.3) is 0 Å². The third-order valence-electron chi connectivity index (χ3n) is 25.0. The molecule has 690 valence electrons. The van der Waals surface area contributed by atoms with E-state index in [1.54, 1.807) is 58.5 Å². The highest BCUT2D eigenvalue weighted by molar-refractivity contribution is 6.39. The van der Waals surface area contributed by atoms with Crippen molar-refractivity contribution < 1.29 is 60.8 Å². The fourth-order valence-electron chi connectivity index (χ4n) is 18.6. The summed E-state index contributed by atoms with van der Waals surface area (Å²) < 4.78 is 99.8. The fraction of sp³-hybridized carbons (Fsp3) is 0.330. The lowest BCUT2D eigenvalue weighted by molar-refractivity contribution is -0.129. The first-order valence-electron chi connectivity index (χ1n) is 42.8. The summed E-state index contributed by atoms with van der Waals surface area (Å²) >= 11 is 20.8. The number of aryl methyl sites for hydroxylation is 3. The van der Waals surface area contributed by atoms with Crippen LogP contribution in [0.2, 0.25) is 15.1 Å². The molecule has 3 fully saturated rings. The lowest BCUT2D eigenvalue weighted by Crippen LogP contribution is -2.61. The Bertz CT molecular complexity index is 6870. The second kappa shape index (κ2) is 35.8. The summed E-state index contributed by atoms with van der Waals surface area (Å²) in [6.07, 6.45) is 8.72. The van der Waals surface area contributed by atoms with Gasteiger partial charge in [-0.25, -0.2) is 69.4 Å². The molecule has 0 bridgehead atoms. The van der Waals surface area contributed by atoms with Gasteiger partial charge in [0.05, 0.1) is 101 Å². The number of likely N-dealkylation sites (N-methyl/N-ethyl adjacent to an activating group) is 1. The molecule has 6 atom stereocenters. The SMILES string of the molecule is C=CC(=O)N1CC2CN(C)c3c(Cl)c(-c4c(O)ccc(F)c4F)nc4c3c(nc(=O)n4-c3c(C)ccnc3C(C)C)N2CC1C.C=CC(=O)N1CC2CNc3c(Cl)c(-c4c(O)ccc(F)c4F)nc4c3c(nc(=O)n4-c3c(C)ccnc3C(C)C)N2CC1C.C=CC(=O)N1CC2COc3c(Cl)c(-c4c(O)ccc(F)c4F)nc4c3c(nc(=O)n4-c3c(C)ccnc3C(C)C)N2CC1C. The summed E-state index contributed by atoms with van der Waals surface area (Å²) in [6.45, 7) is 36.1. The van der Waals surface area contributed by atoms with Gasteiger partial charge >= 0.3 is 17.1 Å². The minimum atomic E-state index is -1.37. The lowest BCUT2D eigenvalue weighted by atomic mass is 10.0. The van der Waals surface area contributed by atoms with Crippen LogP contribution in [0.4, 0.5) is 55.2 Å². The molecule has 0 saturated carbocycles. The van der Waals surface area contributed by atoms with Gasteiger partial charge in [-0.3, -0.25) is 29.3 Å². The van der Waals surface area contributed by atoms with Crippen LogP contribution in [0.15, 0.2) is 126 Å². The number of amides is 3. The van der Waals surface area contributed by atoms with Gasteiger partial charge in [-0.1, -0.05) is 96.1 Å². The molecular weight excluding hydrogens is 1790 g/mol. The topological polar surface area (TPSA) is 338 Å². The fourth-order valence-corrected chi connectivity index (χ4v) is 19.5. The van der Waals surface area contributed by atoms with Crippen molar-refractivity contribution in [2.75, 3.05) is 90.9 Å². The molecule has 12 aromatic rings. The normalized spacial score (nSPS) is 17.9. The van der Waals surface area contributed by atoms with E-state index in [2.05, 4.69) is 59.9 Å². The standard InChI is InChI=1S/C32H32ClF2N7O3.C31H30ClF2N7O3.C31H29ClF2N6O4/c1-7-21(44)40-14-18-13-39(6)29-23-30(41(18)12-17(40)5)38-32(45)42(28-16(4)10-11-36-26(28)15(2)3)31(23)37-27(24(29)33)22-20(43)9-8-19(34)25(22)35;1-6-20(43)39-13-17-11-36-26-22-29(40(17)12-16(39)5)38-31(44)41(28-15(4)9-10-35-25(28)14(2)3)30(22)37-27(23(26)32)21-19(42)8-7-18(33)24(21)34;1-6-20(42)38-12-17-13-44-28-22-29(39(17)11-16(38)5)37-31(43)40(27-15(4)9-10-35-25(27)14(2)3)30(22)36-26(23(28)32)21-19(41)8-7-18(33)24(21)34/h7-11,15,17-18,43H,1,12-14H2,2-6H3;6-10,14,16-17,36,42H,1,11-13H2,2-5H3;6-10,14,16-17,41H,1,11-13H2,2-5H3. The van der Waals surface area contributed by atoms with Crippen molar-refractivity contribution >= 4 is 114 Å². The monoisotopic (exact) mass is 1880 g/mol. The highest BCUT2D eigenvalue weighted by atomic mass is 35.5. The quantitative estimate of drug-likeness (QED) is 0.0652. The first-order valence-corrected chi connectivity index (χ1v) is 43.9. The van der Waals surface area contributed by atoms with E-state index in [4.69, 9.17) is 49.5 Å². The molecule has 0 spiro atoms. The molecule has 6 unspecified atom stereocenters. The van der Waals surface area contributed by atoms with Crippen LogP contribution < -0.4 is 46.7 Å². The molecule has 4 N–H and O–H groups in total. The second-order valence-corrected chi connectivity index (χ2v) is 35.7. The van der Waals surface area contributed by atoms with Crippen molar-refractivity contribution in [3.8, 4) is 73.8 Å². The maximum Gasteiger partial charge on any atom is 0.355 e. The van der Waals surface area contributed by atoms with E-state index in [1.807, 2.05) is 103 Å². The van der Waals surface area contributed by atoms with Crippen molar-refractivity contribution in [2.45, 2.75) is 137 Å². The van der Waals surface area contributed by atoms with Gasteiger partial charge < -0.3 is 59.7 Å². The van der Waals surface area contributed by atoms with Gasteiger partial charge in [0.15, 0.2) is 57.6 Å². The van der Waals surface area contributed by atoms with E-state index < -0.39 is 92.0 Å². The number of halogens is 9. The van der Waals surface area contributed by atoms with E-state index in [0.717, 1.165) is 42.0 Å². The number of ether oxygens (including phenoxy) is 1. The maximum absolute atomic E-state index is 15.4. The number of piperazine rings is 3. The van der Waals surface area contributed by atoms with Crippen LogP contribution in [-0.4, -0.2) is 209 Å². The van der Waals surface area contributed by atoms with E-state index in [0.29, 0.717) is 113 Å². The molecule has 9 aromatic heterocycles. The van der Waals surface area contributed by atoms with Crippen LogP contribution in [0.25, 0.3) is 83.9 Å². The molecule has 6 aliphatic rings. The van der Waals surface area contributed by atoms with Crippen LogP contribution in [0.1, 0.15) is 114 Å². The Morgan fingerprint density at radius 2 is 0.789 bits per heavy atom. The van der Waals surface area contributed by atoms with Crippen molar-refractivity contribution in [2.24, 2.45) is 0 Å². The smallest absolute Gasteiger partial charge is 0.355 e. The van der Waals surface area contributed by atoms with Crippen LogP contribution in [0.5, 0.6) is 23.0 Å². The Balaban J connectivity index is 0.000000145. The number of pyridine rings is 6. The van der Waals surface area contributed by atoms with Crippen molar-refractivity contribution in [1.82, 2.24) is 73.3 Å². The summed E-state index contributed by atoms with van der Waals surface area (Å²) in [5.41, 5.74) is 1.59. The van der Waals surface area contributed by atoms with Gasteiger partial charge in [0.1, 0.15) is 68.8 Å². The Morgan fingerprint density at radius 3 is 1.19 bits per heavy atom. The molecular formula is C94H91Cl3F6N20O10. The first-order chi connectivity index (χ1) is 63.2. The van der Waals surface area contributed by atoms with E-state index >= 15 is 13.2 Å². The molecule has 3 amide bonds. The Labute approximate surface area is 772 Å². The van der Waals surface area contributed by atoms with Crippen LogP contribution in [0.3, 0.4) is 0 Å². The zero-order valence-electron chi connectivity index (χ0n) is 74.4. The Morgan fingerprint density at radius 1 is 0.451 bits per heavy atom. The summed E-state index contributed by atoms with van der Waals surface area (Å²) in [7, 11) is 1.78. The predicted molar refractivity (Wildman–Crippen MR) is 496 cm³/mol. The van der Waals surface area contributed by atoms with E-state index in [-0.39, 0.29) is 157 Å². The number of benzene rings is 3. The predicted octanol–water partition coefficient (Wildman–Crippen LogP) is 14.8. The number of anilines is 5. The summed E-state index contributed by atoms with van der Waals surface area (Å²) in [5, 5.41) is 36.1. The molecule has 0 radical (unpaired) electrons. The Kier molecular flexibility index (Phi) is 24.9. The third kappa shape index (κ3) is 15.7. The number of phenols is 3. The number of carbonyl (C=O) groups excluding carboxylic acids is 3. The van der Waals surface area contributed by atoms with Crippen LogP contribution in [0, 0.1) is 55.7 Å². The van der Waals surface area contributed by atoms with Gasteiger partial charge in [-0.05, 0) is 149 Å². The minimum absolute atomic E-state index is 0.00774. The van der Waals surface area contributed by atoms with Crippen LogP contribution >= 0.6 is 34.8 Å². The maximum atomic E-state index is 15.4. The molecule has 15 heterocycles. The van der Waals surface area contributed by atoms with Crippen molar-refractivity contribution in [1.29, 1.82) is 0 Å². The first kappa shape index (κ1) is 92.5. The molecule has 3 aromatic carbocycles. The lowest BCUT2D eigenvalue weighted by Gasteiger charge is -2.45. The van der Waals surface area contributed by atoms with Crippen LogP contribution in [-0.2, 0) is 14.4 Å². The van der Waals surface area contributed by atoms with Crippen molar-refractivity contribution in [3.05, 3.63) is 226 Å². The van der Waals surface area contributed by atoms with E-state index in [9.17, 15) is 57.3 Å². The average Bonchev–Trinajstić information content (AvgIpc) is 1.61. The number of aromatic hydroxyl groups is 3. The zero-order chi connectivity index (χ0) is 95.7. The molecule has 39 heteroatoms. The van der Waals surface area contributed by atoms with Crippen molar-refractivity contribution in [3.63, 3.8) is 0 Å². The number of rotatable bonds is 12. The average molecular weight is 1880 g/mol. The number of hydrogen-bond donors (Lipinski definition) is 4. The number of fused-ring (bicyclic) bond motifs is 6. The highest BCUT2D eigenvalue weighted by Gasteiger charge is 2.46. The summed E-state index contributed by atoms with van der Waals surface area (Å²) in [4.78, 5) is 135. The van der Waals surface area contributed by atoms with Gasteiger partial charge in [0.2, 0.25) is 17.7 Å². The number of carbonyl (C=O) groups is 3. The van der Waals surface area contributed by atoms with E-state index in [1.165, 1.54) is 31.9 Å². The number of nitrogens with zero attached hydrogens (tertiary/aromatic N) is 19. The number of aromatic nitrogens is 12. The molecule has 3 saturated heterocycles. The minimum Gasteiger partial charge on any atom is -0.507 e. The molecule has 30 nitrogen and oxygen atoms in total. The molecule has 18 rings (SSSR count). The van der Waals surface area contributed by atoms with Gasteiger partial charge in [-0.15, -0.1) is 0 Å². The molecule has 133 heavy (non-hydrogen) atoms.